The largest absolute Gasteiger partial charge is 0.345 e. The molecule has 2 aromatic heterocycles. The minimum absolute atomic E-state index is 0.143. The molecule has 5 rings (SSSR count). The summed E-state index contributed by atoms with van der Waals surface area (Å²) in [5.41, 5.74) is 2.47. The monoisotopic (exact) mass is 407 g/mol. The SMILES string of the molecule is Cc1ccsc1CN1C[C@@H]2Cn3c(nnc3C(=O)NCc3ccccc3)C[C@H]2C1. The van der Waals surface area contributed by atoms with Crippen molar-refractivity contribution >= 4 is 17.2 Å². The van der Waals surface area contributed by atoms with Crippen molar-refractivity contribution < 1.29 is 4.79 Å². The summed E-state index contributed by atoms with van der Waals surface area (Å²) in [5.74, 6) is 2.41. The fourth-order valence-corrected chi connectivity index (χ4v) is 5.49. The van der Waals surface area contributed by atoms with Crippen LogP contribution in [0.3, 0.4) is 0 Å². The summed E-state index contributed by atoms with van der Waals surface area (Å²) in [5, 5.41) is 13.7. The highest BCUT2D eigenvalue weighted by molar-refractivity contribution is 7.10. The molecule has 2 aliphatic heterocycles. The lowest BCUT2D eigenvalue weighted by molar-refractivity contribution is 0.0932. The van der Waals surface area contributed by atoms with Gasteiger partial charge in [-0.1, -0.05) is 30.3 Å². The second kappa shape index (κ2) is 7.72. The third kappa shape index (κ3) is 3.72. The Bertz CT molecular complexity index is 1010. The number of hydrogen-bond donors (Lipinski definition) is 1. The molecule has 0 spiro atoms. The molecular weight excluding hydrogens is 382 g/mol. The quantitative estimate of drug-likeness (QED) is 0.706. The second-order valence-electron chi connectivity index (χ2n) is 8.16. The molecule has 7 heteroatoms. The lowest BCUT2D eigenvalue weighted by Crippen LogP contribution is -2.32. The average Bonchev–Trinajstić information content (AvgIpc) is 3.43. The highest BCUT2D eigenvalue weighted by Gasteiger charge is 2.39. The zero-order chi connectivity index (χ0) is 19.8. The maximum atomic E-state index is 12.7. The summed E-state index contributed by atoms with van der Waals surface area (Å²) in [7, 11) is 0. The normalized spacial score (nSPS) is 21.0. The Morgan fingerprint density at radius 2 is 1.97 bits per heavy atom. The number of carbonyl (C=O) groups excluding carboxylic acids is 1. The van der Waals surface area contributed by atoms with E-state index in [0.717, 1.165) is 44.0 Å². The molecule has 3 aromatic rings. The van der Waals surface area contributed by atoms with Gasteiger partial charge in [0.1, 0.15) is 5.82 Å². The number of fused-ring (bicyclic) bond motifs is 2. The lowest BCUT2D eigenvalue weighted by atomic mass is 9.89. The van der Waals surface area contributed by atoms with Crippen LogP contribution in [-0.4, -0.2) is 38.7 Å². The van der Waals surface area contributed by atoms with Gasteiger partial charge in [0.2, 0.25) is 5.82 Å². The fourth-order valence-electron chi connectivity index (χ4n) is 4.54. The first-order chi connectivity index (χ1) is 14.2. The molecule has 0 radical (unpaired) electrons. The summed E-state index contributed by atoms with van der Waals surface area (Å²) in [6.07, 6.45) is 0.906. The molecule has 6 nitrogen and oxygen atoms in total. The number of carbonyl (C=O) groups is 1. The number of aromatic nitrogens is 3. The van der Waals surface area contributed by atoms with Crippen molar-refractivity contribution in [3.05, 3.63) is 69.4 Å². The molecule has 0 aliphatic carbocycles. The van der Waals surface area contributed by atoms with Crippen molar-refractivity contribution in [2.45, 2.75) is 33.0 Å². The molecule has 1 N–H and O–H groups in total. The van der Waals surface area contributed by atoms with Gasteiger partial charge in [-0.3, -0.25) is 9.69 Å². The first kappa shape index (κ1) is 18.5. The van der Waals surface area contributed by atoms with Crippen molar-refractivity contribution in [3.8, 4) is 0 Å². The molecule has 1 amide bonds. The van der Waals surface area contributed by atoms with Gasteiger partial charge in [0.05, 0.1) is 0 Å². The van der Waals surface area contributed by atoms with Gasteiger partial charge in [0, 0.05) is 44.0 Å². The molecule has 1 saturated heterocycles. The Morgan fingerprint density at radius 3 is 2.76 bits per heavy atom. The van der Waals surface area contributed by atoms with E-state index in [1.54, 1.807) is 0 Å². The summed E-state index contributed by atoms with van der Waals surface area (Å²) in [6, 6.07) is 12.1. The molecule has 1 fully saturated rings. The van der Waals surface area contributed by atoms with Gasteiger partial charge in [0.15, 0.2) is 0 Å². The number of hydrogen-bond acceptors (Lipinski definition) is 5. The third-order valence-electron chi connectivity index (χ3n) is 6.18. The van der Waals surface area contributed by atoms with Gasteiger partial charge in [-0.2, -0.15) is 0 Å². The van der Waals surface area contributed by atoms with Crippen LogP contribution in [0.4, 0.5) is 0 Å². The second-order valence-corrected chi connectivity index (χ2v) is 9.16. The van der Waals surface area contributed by atoms with Crippen molar-refractivity contribution in [1.29, 1.82) is 0 Å². The molecule has 29 heavy (non-hydrogen) atoms. The summed E-state index contributed by atoms with van der Waals surface area (Å²) >= 11 is 1.85. The predicted molar refractivity (Wildman–Crippen MR) is 113 cm³/mol. The summed E-state index contributed by atoms with van der Waals surface area (Å²) in [6.45, 7) is 6.73. The summed E-state index contributed by atoms with van der Waals surface area (Å²) in [4.78, 5) is 16.7. The van der Waals surface area contributed by atoms with E-state index in [2.05, 4.69) is 38.8 Å². The Hall–Kier alpha value is -2.51. The fraction of sp³-hybridized carbons (Fsp3) is 0.409. The topological polar surface area (TPSA) is 63.1 Å². The van der Waals surface area contributed by atoms with E-state index in [1.807, 2.05) is 46.2 Å². The van der Waals surface area contributed by atoms with Crippen LogP contribution in [0.15, 0.2) is 41.8 Å². The average molecular weight is 408 g/mol. The number of benzene rings is 1. The van der Waals surface area contributed by atoms with Crippen LogP contribution in [0.5, 0.6) is 0 Å². The van der Waals surface area contributed by atoms with E-state index in [0.29, 0.717) is 24.2 Å². The van der Waals surface area contributed by atoms with E-state index >= 15 is 0 Å². The smallest absolute Gasteiger partial charge is 0.289 e. The first-order valence-corrected chi connectivity index (χ1v) is 11.0. The van der Waals surface area contributed by atoms with E-state index in [1.165, 1.54) is 10.4 Å². The highest BCUT2D eigenvalue weighted by Crippen LogP contribution is 2.34. The number of likely N-dealkylation sites (tertiary alicyclic amines) is 1. The van der Waals surface area contributed by atoms with Crippen LogP contribution in [0.2, 0.25) is 0 Å². The number of rotatable bonds is 5. The Kier molecular flexibility index (Phi) is 4.93. The van der Waals surface area contributed by atoms with Gasteiger partial charge in [-0.15, -0.1) is 21.5 Å². The van der Waals surface area contributed by atoms with Crippen LogP contribution in [0.25, 0.3) is 0 Å². The number of aryl methyl sites for hydroxylation is 1. The molecule has 2 aliphatic rings. The van der Waals surface area contributed by atoms with Gasteiger partial charge >= 0.3 is 0 Å². The minimum atomic E-state index is -0.143. The highest BCUT2D eigenvalue weighted by atomic mass is 32.1. The van der Waals surface area contributed by atoms with Crippen LogP contribution < -0.4 is 5.32 Å². The van der Waals surface area contributed by atoms with Gasteiger partial charge in [-0.25, -0.2) is 0 Å². The maximum Gasteiger partial charge on any atom is 0.289 e. The van der Waals surface area contributed by atoms with E-state index in [-0.39, 0.29) is 5.91 Å². The zero-order valence-corrected chi connectivity index (χ0v) is 17.4. The standard InChI is InChI=1S/C22H25N5OS/c1-15-7-8-29-19(15)14-26-11-17-9-20-24-25-21(27(20)13-18(17)12-26)22(28)23-10-16-5-3-2-4-6-16/h2-8,17-18H,9-14H2,1H3,(H,23,28)/t17-,18+/m0/s1. The molecule has 0 bridgehead atoms. The van der Waals surface area contributed by atoms with Gasteiger partial charge in [-0.05, 0) is 41.3 Å². The van der Waals surface area contributed by atoms with Gasteiger partial charge in [0.25, 0.3) is 5.91 Å². The van der Waals surface area contributed by atoms with Gasteiger partial charge < -0.3 is 9.88 Å². The van der Waals surface area contributed by atoms with Crippen molar-refractivity contribution in [2.24, 2.45) is 11.8 Å². The molecule has 0 unspecified atom stereocenters. The van der Waals surface area contributed by atoms with Crippen LogP contribution in [0, 0.1) is 18.8 Å². The van der Waals surface area contributed by atoms with E-state index in [4.69, 9.17) is 0 Å². The molecule has 1 aromatic carbocycles. The number of nitrogens with one attached hydrogen (secondary N) is 1. The van der Waals surface area contributed by atoms with Crippen LogP contribution >= 0.6 is 11.3 Å². The number of nitrogens with zero attached hydrogens (tertiary/aromatic N) is 4. The van der Waals surface area contributed by atoms with E-state index < -0.39 is 0 Å². The van der Waals surface area contributed by atoms with Crippen LogP contribution in [-0.2, 0) is 26.1 Å². The van der Waals surface area contributed by atoms with Crippen molar-refractivity contribution in [1.82, 2.24) is 25.0 Å². The molecule has 4 heterocycles. The van der Waals surface area contributed by atoms with Crippen LogP contribution in [0.1, 0.15) is 32.4 Å². The Balaban J connectivity index is 1.24. The minimum Gasteiger partial charge on any atom is -0.345 e. The Morgan fingerprint density at radius 1 is 1.14 bits per heavy atom. The molecular formula is C22H25N5OS. The maximum absolute atomic E-state index is 12.7. The first-order valence-electron chi connectivity index (χ1n) is 10.2. The lowest BCUT2D eigenvalue weighted by Gasteiger charge is -2.25. The molecule has 2 atom stereocenters. The van der Waals surface area contributed by atoms with E-state index in [9.17, 15) is 4.79 Å². The third-order valence-corrected chi connectivity index (χ3v) is 7.18. The molecule has 0 saturated carbocycles. The number of amides is 1. The zero-order valence-electron chi connectivity index (χ0n) is 16.5. The summed E-state index contributed by atoms with van der Waals surface area (Å²) < 4.78 is 2.04. The van der Waals surface area contributed by atoms with Crippen molar-refractivity contribution in [3.63, 3.8) is 0 Å². The van der Waals surface area contributed by atoms with Crippen molar-refractivity contribution in [2.75, 3.05) is 13.1 Å². The Labute approximate surface area is 174 Å². The number of thiophene rings is 1. The molecule has 150 valence electrons. The predicted octanol–water partition coefficient (Wildman–Crippen LogP) is 2.88.